The Balaban J connectivity index is 0.000000160. The number of hydrogen-bond acceptors (Lipinski definition) is 2. The first-order valence-electron chi connectivity index (χ1n) is 6.33. The number of aromatic nitrogens is 1. The van der Waals surface area contributed by atoms with Crippen LogP contribution < -0.4 is 0 Å². The van der Waals surface area contributed by atoms with Crippen molar-refractivity contribution in [1.82, 2.24) is 5.16 Å². The molecule has 1 heterocycles. The first-order chi connectivity index (χ1) is 7.43. The Hall–Kier alpha value is -0.790. The van der Waals surface area contributed by atoms with Crippen molar-refractivity contribution in [1.29, 1.82) is 0 Å². The molecule has 1 aliphatic rings. The Morgan fingerprint density at radius 3 is 1.62 bits per heavy atom. The SMILES string of the molecule is CC1[C@H](C)CC[C@@H]1C.Cc1noc(C)c1C. The van der Waals surface area contributed by atoms with E-state index in [0.717, 1.165) is 34.8 Å². The third-order valence-corrected chi connectivity index (χ3v) is 4.26. The van der Waals surface area contributed by atoms with Crippen LogP contribution >= 0.6 is 0 Å². The molecule has 0 aliphatic heterocycles. The van der Waals surface area contributed by atoms with E-state index in [9.17, 15) is 0 Å². The van der Waals surface area contributed by atoms with Crippen LogP contribution in [0.5, 0.6) is 0 Å². The highest BCUT2D eigenvalue weighted by Gasteiger charge is 2.25. The average Bonchev–Trinajstić information content (AvgIpc) is 2.70. The normalized spacial score (nSPS) is 28.8. The van der Waals surface area contributed by atoms with Crippen LogP contribution in [0.25, 0.3) is 0 Å². The van der Waals surface area contributed by atoms with E-state index in [1.807, 2.05) is 20.8 Å². The topological polar surface area (TPSA) is 26.0 Å². The third-order valence-electron chi connectivity index (χ3n) is 4.26. The third kappa shape index (κ3) is 3.10. The molecule has 1 aromatic heterocycles. The maximum Gasteiger partial charge on any atom is 0.136 e. The van der Waals surface area contributed by atoms with Gasteiger partial charge in [-0.2, -0.15) is 0 Å². The molecule has 3 atom stereocenters. The highest BCUT2D eigenvalue weighted by molar-refractivity contribution is 5.17. The van der Waals surface area contributed by atoms with Crippen LogP contribution in [-0.2, 0) is 0 Å². The Kier molecular flexibility index (Phi) is 4.57. The highest BCUT2D eigenvalue weighted by Crippen LogP contribution is 2.35. The van der Waals surface area contributed by atoms with Crippen molar-refractivity contribution in [3.63, 3.8) is 0 Å². The maximum atomic E-state index is 4.84. The summed E-state index contributed by atoms with van der Waals surface area (Å²) in [6.07, 6.45) is 2.92. The molecule has 1 saturated carbocycles. The first-order valence-corrected chi connectivity index (χ1v) is 6.33. The van der Waals surface area contributed by atoms with Gasteiger partial charge in [-0.1, -0.05) is 38.8 Å². The maximum absolute atomic E-state index is 4.84. The largest absolute Gasteiger partial charge is 0.361 e. The summed E-state index contributed by atoms with van der Waals surface area (Å²) >= 11 is 0. The molecule has 16 heavy (non-hydrogen) atoms. The van der Waals surface area contributed by atoms with Gasteiger partial charge in [0.1, 0.15) is 5.76 Å². The molecule has 0 spiro atoms. The minimum atomic E-state index is 0.919. The molecule has 0 aromatic carbocycles. The molecule has 2 heteroatoms. The highest BCUT2D eigenvalue weighted by atomic mass is 16.5. The van der Waals surface area contributed by atoms with Crippen molar-refractivity contribution in [2.75, 3.05) is 0 Å². The molecular formula is C14H25NO. The van der Waals surface area contributed by atoms with Crippen molar-refractivity contribution in [2.24, 2.45) is 17.8 Å². The summed E-state index contributed by atoms with van der Waals surface area (Å²) in [7, 11) is 0. The fourth-order valence-corrected chi connectivity index (χ4v) is 2.14. The summed E-state index contributed by atoms with van der Waals surface area (Å²) in [4.78, 5) is 0. The fraction of sp³-hybridized carbons (Fsp3) is 0.786. The summed E-state index contributed by atoms with van der Waals surface area (Å²) in [5.41, 5.74) is 2.15. The zero-order valence-corrected chi connectivity index (χ0v) is 11.5. The quantitative estimate of drug-likeness (QED) is 0.656. The second-order valence-electron chi connectivity index (χ2n) is 5.34. The van der Waals surface area contributed by atoms with Crippen LogP contribution in [0.1, 0.15) is 50.6 Å². The lowest BCUT2D eigenvalue weighted by Crippen LogP contribution is -2.04. The Morgan fingerprint density at radius 2 is 1.50 bits per heavy atom. The predicted octanol–water partition coefficient (Wildman–Crippen LogP) is 4.29. The van der Waals surface area contributed by atoms with Crippen LogP contribution in [-0.4, -0.2) is 5.16 Å². The van der Waals surface area contributed by atoms with Crippen molar-refractivity contribution < 1.29 is 4.52 Å². The van der Waals surface area contributed by atoms with Gasteiger partial charge in [0.2, 0.25) is 0 Å². The van der Waals surface area contributed by atoms with E-state index in [4.69, 9.17) is 4.52 Å². The van der Waals surface area contributed by atoms with E-state index in [0.29, 0.717) is 0 Å². The molecular weight excluding hydrogens is 198 g/mol. The minimum absolute atomic E-state index is 0.919. The van der Waals surface area contributed by atoms with E-state index in [1.165, 1.54) is 12.8 Å². The van der Waals surface area contributed by atoms with Gasteiger partial charge in [-0.05, 0) is 38.5 Å². The standard InChI is InChI=1S/C8H16.C6H9NO/c1-6-4-5-7(2)8(6)3;1-4-5(2)7-8-6(4)3/h6-8H,4-5H2,1-3H3;1-3H3/t6-,7+,8?;. The molecule has 0 saturated heterocycles. The number of rotatable bonds is 0. The molecule has 2 rings (SSSR count). The molecule has 0 N–H and O–H groups in total. The molecule has 0 amide bonds. The van der Waals surface area contributed by atoms with Crippen molar-refractivity contribution in [2.45, 2.75) is 54.4 Å². The fourth-order valence-electron chi connectivity index (χ4n) is 2.14. The predicted molar refractivity (Wildman–Crippen MR) is 67.4 cm³/mol. The number of aryl methyl sites for hydroxylation is 2. The summed E-state index contributed by atoms with van der Waals surface area (Å²) in [5, 5.41) is 3.74. The Morgan fingerprint density at radius 1 is 1.00 bits per heavy atom. The molecule has 1 unspecified atom stereocenters. The van der Waals surface area contributed by atoms with Crippen LogP contribution in [0.4, 0.5) is 0 Å². The van der Waals surface area contributed by atoms with Crippen molar-refractivity contribution in [3.05, 3.63) is 17.0 Å². The molecule has 1 aromatic rings. The smallest absolute Gasteiger partial charge is 0.136 e. The lowest BCUT2D eigenvalue weighted by atomic mass is 9.94. The van der Waals surface area contributed by atoms with E-state index >= 15 is 0 Å². The average molecular weight is 223 g/mol. The second kappa shape index (κ2) is 5.51. The van der Waals surface area contributed by atoms with Gasteiger partial charge in [0, 0.05) is 5.56 Å². The number of hydrogen-bond donors (Lipinski definition) is 0. The molecule has 0 bridgehead atoms. The van der Waals surface area contributed by atoms with E-state index < -0.39 is 0 Å². The van der Waals surface area contributed by atoms with Crippen LogP contribution in [0.2, 0.25) is 0 Å². The van der Waals surface area contributed by atoms with Crippen LogP contribution in [0.15, 0.2) is 4.52 Å². The van der Waals surface area contributed by atoms with Gasteiger partial charge in [-0.25, -0.2) is 0 Å². The van der Waals surface area contributed by atoms with E-state index in [-0.39, 0.29) is 0 Å². The Labute approximate surface area is 99.4 Å². The Bertz CT molecular complexity index is 300. The molecule has 1 fully saturated rings. The summed E-state index contributed by atoms with van der Waals surface area (Å²) < 4.78 is 4.84. The van der Waals surface area contributed by atoms with E-state index in [1.54, 1.807) is 0 Å². The zero-order valence-electron chi connectivity index (χ0n) is 11.5. The van der Waals surface area contributed by atoms with Gasteiger partial charge in [-0.3, -0.25) is 0 Å². The van der Waals surface area contributed by atoms with Crippen molar-refractivity contribution in [3.8, 4) is 0 Å². The molecule has 0 radical (unpaired) electrons. The summed E-state index contributed by atoms with van der Waals surface area (Å²) in [5.74, 6) is 3.88. The first kappa shape index (κ1) is 13.3. The monoisotopic (exact) mass is 223 g/mol. The van der Waals surface area contributed by atoms with Gasteiger partial charge < -0.3 is 4.52 Å². The van der Waals surface area contributed by atoms with Crippen LogP contribution in [0.3, 0.4) is 0 Å². The lowest BCUT2D eigenvalue weighted by molar-refractivity contribution is 0.380. The molecule has 92 valence electrons. The summed E-state index contributed by atoms with van der Waals surface area (Å²) in [6.45, 7) is 13.0. The lowest BCUT2D eigenvalue weighted by Gasteiger charge is -2.11. The van der Waals surface area contributed by atoms with Gasteiger partial charge in [0.05, 0.1) is 5.69 Å². The molecule has 1 aliphatic carbocycles. The van der Waals surface area contributed by atoms with Crippen molar-refractivity contribution >= 4 is 0 Å². The van der Waals surface area contributed by atoms with Gasteiger partial charge in [0.15, 0.2) is 0 Å². The minimum Gasteiger partial charge on any atom is -0.361 e. The van der Waals surface area contributed by atoms with Gasteiger partial charge in [-0.15, -0.1) is 0 Å². The second-order valence-corrected chi connectivity index (χ2v) is 5.34. The molecule has 2 nitrogen and oxygen atoms in total. The summed E-state index contributed by atoms with van der Waals surface area (Å²) in [6, 6.07) is 0. The van der Waals surface area contributed by atoms with Gasteiger partial charge >= 0.3 is 0 Å². The zero-order chi connectivity index (χ0) is 12.3. The number of nitrogens with zero attached hydrogens (tertiary/aromatic N) is 1. The van der Waals surface area contributed by atoms with Gasteiger partial charge in [0.25, 0.3) is 0 Å². The van der Waals surface area contributed by atoms with Crippen LogP contribution in [0, 0.1) is 38.5 Å². The van der Waals surface area contributed by atoms with E-state index in [2.05, 4.69) is 25.9 Å².